The summed E-state index contributed by atoms with van der Waals surface area (Å²) in [6, 6.07) is 12.8. The lowest BCUT2D eigenvalue weighted by molar-refractivity contribution is -0.132. The third-order valence-corrected chi connectivity index (χ3v) is 2.76. The highest BCUT2D eigenvalue weighted by atomic mass is 16.5. The van der Waals surface area contributed by atoms with E-state index in [0.717, 1.165) is 0 Å². The molecule has 0 saturated carbocycles. The fraction of sp³-hybridized carbons (Fsp3) is 0.118. The second-order valence-electron chi connectivity index (χ2n) is 4.66. The van der Waals surface area contributed by atoms with Gasteiger partial charge in [0.05, 0.1) is 5.56 Å². The van der Waals surface area contributed by atoms with Crippen LogP contribution in [0.3, 0.4) is 0 Å². The predicted molar refractivity (Wildman–Crippen MR) is 83.5 cm³/mol. The van der Waals surface area contributed by atoms with E-state index in [4.69, 9.17) is 9.47 Å². The lowest BCUT2D eigenvalue weighted by Crippen LogP contribution is -2.14. The zero-order chi connectivity index (χ0) is 16.8. The molecule has 0 saturated heterocycles. The van der Waals surface area contributed by atoms with Gasteiger partial charge in [0.25, 0.3) is 5.91 Å². The fourth-order valence-corrected chi connectivity index (χ4v) is 1.87. The molecular formula is C17H15NO5. The van der Waals surface area contributed by atoms with Crippen LogP contribution >= 0.6 is 0 Å². The summed E-state index contributed by atoms with van der Waals surface area (Å²) in [7, 11) is 0. The van der Waals surface area contributed by atoms with E-state index in [2.05, 4.69) is 5.32 Å². The van der Waals surface area contributed by atoms with Crippen molar-refractivity contribution in [3.8, 4) is 11.5 Å². The van der Waals surface area contributed by atoms with Crippen LogP contribution in [0.2, 0.25) is 0 Å². The van der Waals surface area contributed by atoms with Crippen molar-refractivity contribution in [1.82, 2.24) is 0 Å². The molecule has 0 aromatic heterocycles. The zero-order valence-electron chi connectivity index (χ0n) is 12.7. The molecule has 0 unspecified atom stereocenters. The molecular weight excluding hydrogens is 298 g/mol. The standard InChI is InChI=1S/C17H15NO5/c1-11(19)22-14-9-7-13(8-10-14)18-17(21)15-5-3-4-6-16(15)23-12(2)20/h3-10H,1-2H3,(H,18,21). The minimum absolute atomic E-state index is 0.189. The van der Waals surface area contributed by atoms with Crippen molar-refractivity contribution in [2.24, 2.45) is 0 Å². The first kappa shape index (κ1) is 16.2. The summed E-state index contributed by atoms with van der Waals surface area (Å²) in [4.78, 5) is 34.2. The van der Waals surface area contributed by atoms with Crippen molar-refractivity contribution in [2.75, 3.05) is 5.32 Å². The average molecular weight is 313 g/mol. The molecule has 23 heavy (non-hydrogen) atoms. The van der Waals surface area contributed by atoms with E-state index < -0.39 is 17.8 Å². The molecule has 0 aliphatic rings. The quantitative estimate of drug-likeness (QED) is 0.693. The number of amides is 1. The monoisotopic (exact) mass is 313 g/mol. The van der Waals surface area contributed by atoms with Gasteiger partial charge >= 0.3 is 11.9 Å². The zero-order valence-corrected chi connectivity index (χ0v) is 12.7. The molecule has 6 heteroatoms. The van der Waals surface area contributed by atoms with E-state index in [1.54, 1.807) is 48.5 Å². The lowest BCUT2D eigenvalue weighted by atomic mass is 10.2. The van der Waals surface area contributed by atoms with Gasteiger partial charge in [0.1, 0.15) is 11.5 Å². The summed E-state index contributed by atoms with van der Waals surface area (Å²) in [5, 5.41) is 2.68. The van der Waals surface area contributed by atoms with Gasteiger partial charge < -0.3 is 14.8 Å². The van der Waals surface area contributed by atoms with Crippen molar-refractivity contribution < 1.29 is 23.9 Å². The Morgan fingerprint density at radius 1 is 0.826 bits per heavy atom. The van der Waals surface area contributed by atoms with Crippen LogP contribution in [-0.4, -0.2) is 17.8 Å². The van der Waals surface area contributed by atoms with E-state index in [9.17, 15) is 14.4 Å². The smallest absolute Gasteiger partial charge is 0.308 e. The lowest BCUT2D eigenvalue weighted by Gasteiger charge is -2.10. The van der Waals surface area contributed by atoms with Crippen LogP contribution < -0.4 is 14.8 Å². The molecule has 118 valence electrons. The van der Waals surface area contributed by atoms with Crippen molar-refractivity contribution in [3.63, 3.8) is 0 Å². The molecule has 6 nitrogen and oxygen atoms in total. The normalized spacial score (nSPS) is 9.83. The van der Waals surface area contributed by atoms with Crippen LogP contribution in [0.4, 0.5) is 5.69 Å². The topological polar surface area (TPSA) is 81.7 Å². The molecule has 2 rings (SSSR count). The van der Waals surface area contributed by atoms with Gasteiger partial charge in [0.2, 0.25) is 0 Å². The van der Waals surface area contributed by atoms with E-state index in [1.165, 1.54) is 13.8 Å². The Balaban J connectivity index is 2.13. The van der Waals surface area contributed by atoms with Crippen LogP contribution in [-0.2, 0) is 9.59 Å². The number of rotatable bonds is 4. The number of ether oxygens (including phenoxy) is 2. The van der Waals surface area contributed by atoms with Crippen LogP contribution in [0.1, 0.15) is 24.2 Å². The maximum absolute atomic E-state index is 12.3. The Kier molecular flexibility index (Phi) is 5.09. The van der Waals surface area contributed by atoms with Gasteiger partial charge in [-0.05, 0) is 36.4 Å². The Bertz CT molecular complexity index is 737. The molecule has 2 aromatic rings. The molecule has 0 heterocycles. The van der Waals surface area contributed by atoms with Gasteiger partial charge in [-0.3, -0.25) is 14.4 Å². The highest BCUT2D eigenvalue weighted by Crippen LogP contribution is 2.21. The average Bonchev–Trinajstić information content (AvgIpc) is 2.48. The summed E-state index contributed by atoms with van der Waals surface area (Å²) < 4.78 is 9.92. The largest absolute Gasteiger partial charge is 0.427 e. The summed E-state index contributed by atoms with van der Waals surface area (Å²) >= 11 is 0. The predicted octanol–water partition coefficient (Wildman–Crippen LogP) is 2.79. The van der Waals surface area contributed by atoms with Crippen molar-refractivity contribution in [2.45, 2.75) is 13.8 Å². The molecule has 1 amide bonds. The molecule has 0 aliphatic heterocycles. The van der Waals surface area contributed by atoms with Crippen molar-refractivity contribution >= 4 is 23.5 Å². The Labute approximate surface area is 133 Å². The Morgan fingerprint density at radius 3 is 2.04 bits per heavy atom. The molecule has 1 N–H and O–H groups in total. The van der Waals surface area contributed by atoms with Gasteiger partial charge in [0, 0.05) is 19.5 Å². The van der Waals surface area contributed by atoms with Gasteiger partial charge in [-0.2, -0.15) is 0 Å². The maximum Gasteiger partial charge on any atom is 0.308 e. The van der Waals surface area contributed by atoms with Gasteiger partial charge in [-0.1, -0.05) is 12.1 Å². The maximum atomic E-state index is 12.3. The third kappa shape index (κ3) is 4.67. The summed E-state index contributed by atoms with van der Waals surface area (Å²) in [5.74, 6) is -0.764. The van der Waals surface area contributed by atoms with Crippen LogP contribution in [0, 0.1) is 0 Å². The third-order valence-electron chi connectivity index (χ3n) is 2.76. The summed E-state index contributed by atoms with van der Waals surface area (Å²) in [6.07, 6.45) is 0. The van der Waals surface area contributed by atoms with Crippen LogP contribution in [0.5, 0.6) is 11.5 Å². The second kappa shape index (κ2) is 7.22. The van der Waals surface area contributed by atoms with Crippen molar-refractivity contribution in [1.29, 1.82) is 0 Å². The van der Waals surface area contributed by atoms with Gasteiger partial charge in [0.15, 0.2) is 0 Å². The van der Waals surface area contributed by atoms with E-state index in [-0.39, 0.29) is 11.3 Å². The Morgan fingerprint density at radius 2 is 1.43 bits per heavy atom. The van der Waals surface area contributed by atoms with E-state index >= 15 is 0 Å². The number of hydrogen-bond donors (Lipinski definition) is 1. The Hall–Kier alpha value is -3.15. The number of esters is 2. The van der Waals surface area contributed by atoms with Gasteiger partial charge in [-0.15, -0.1) is 0 Å². The number of carbonyl (C=O) groups excluding carboxylic acids is 3. The number of hydrogen-bond acceptors (Lipinski definition) is 5. The molecule has 0 aliphatic carbocycles. The number of para-hydroxylation sites is 1. The molecule has 0 spiro atoms. The number of nitrogens with one attached hydrogen (secondary N) is 1. The summed E-state index contributed by atoms with van der Waals surface area (Å²) in [6.45, 7) is 2.57. The molecule has 0 atom stereocenters. The summed E-state index contributed by atoms with van der Waals surface area (Å²) in [5.41, 5.74) is 0.760. The number of anilines is 1. The van der Waals surface area contributed by atoms with Crippen LogP contribution in [0.15, 0.2) is 48.5 Å². The first-order valence-electron chi connectivity index (χ1n) is 6.83. The molecule has 0 radical (unpaired) electrons. The SMILES string of the molecule is CC(=O)Oc1ccc(NC(=O)c2ccccc2OC(C)=O)cc1. The highest BCUT2D eigenvalue weighted by molar-refractivity contribution is 6.06. The number of carbonyl (C=O) groups is 3. The van der Waals surface area contributed by atoms with Gasteiger partial charge in [-0.25, -0.2) is 0 Å². The fourth-order valence-electron chi connectivity index (χ4n) is 1.87. The van der Waals surface area contributed by atoms with E-state index in [1.807, 2.05) is 0 Å². The minimum atomic E-state index is -0.504. The van der Waals surface area contributed by atoms with Crippen molar-refractivity contribution in [3.05, 3.63) is 54.1 Å². The molecule has 0 fully saturated rings. The number of benzene rings is 2. The van der Waals surface area contributed by atoms with E-state index in [0.29, 0.717) is 11.4 Å². The first-order chi connectivity index (χ1) is 11.0. The highest BCUT2D eigenvalue weighted by Gasteiger charge is 2.13. The van der Waals surface area contributed by atoms with Crippen LogP contribution in [0.25, 0.3) is 0 Å². The minimum Gasteiger partial charge on any atom is -0.427 e. The second-order valence-corrected chi connectivity index (χ2v) is 4.66. The molecule has 2 aromatic carbocycles. The molecule has 0 bridgehead atoms. The first-order valence-corrected chi connectivity index (χ1v) is 6.83.